The van der Waals surface area contributed by atoms with Crippen LogP contribution in [0.3, 0.4) is 0 Å². The molecule has 1 aromatic heterocycles. The number of nitrogens with zero attached hydrogens (tertiary/aromatic N) is 3. The van der Waals surface area contributed by atoms with Gasteiger partial charge in [0.15, 0.2) is 3.95 Å². The Morgan fingerprint density at radius 3 is 2.34 bits per heavy atom. The molecule has 1 aliphatic heterocycles. The van der Waals surface area contributed by atoms with Crippen LogP contribution in [0.15, 0.2) is 53.9 Å². The van der Waals surface area contributed by atoms with Crippen LogP contribution in [-0.2, 0) is 11.3 Å². The van der Waals surface area contributed by atoms with Gasteiger partial charge in [-0.1, -0.05) is 29.8 Å². The summed E-state index contributed by atoms with van der Waals surface area (Å²) in [6.45, 7) is 5.07. The maximum atomic E-state index is 13.1. The largest absolute Gasteiger partial charge is 0.368 e. The fourth-order valence-corrected chi connectivity index (χ4v) is 4.60. The lowest BCUT2D eigenvalue weighted by Gasteiger charge is -2.36. The standard InChI is InChI=1S/C22H22FN3OS2/c1-16-2-4-17(5-3-16)20-15-29-22(28)26(20)14-21(27)25-12-10-24(11-13-25)19-8-6-18(23)7-9-19/h2-9,15H,10-14H2,1H3. The monoisotopic (exact) mass is 427 g/mol. The first-order valence-corrected chi connectivity index (χ1v) is 10.8. The molecule has 1 aliphatic rings. The summed E-state index contributed by atoms with van der Waals surface area (Å²) in [5, 5.41) is 2.02. The van der Waals surface area contributed by atoms with E-state index in [9.17, 15) is 9.18 Å². The zero-order valence-corrected chi connectivity index (χ0v) is 17.8. The van der Waals surface area contributed by atoms with Crippen molar-refractivity contribution in [2.24, 2.45) is 0 Å². The molecule has 3 aromatic rings. The Morgan fingerprint density at radius 2 is 1.69 bits per heavy atom. The number of thiazole rings is 1. The molecule has 4 nitrogen and oxygen atoms in total. The lowest BCUT2D eigenvalue weighted by Crippen LogP contribution is -2.49. The zero-order valence-electron chi connectivity index (χ0n) is 16.2. The molecule has 7 heteroatoms. The van der Waals surface area contributed by atoms with E-state index in [0.717, 1.165) is 30.0 Å². The Bertz CT molecular complexity index is 1050. The van der Waals surface area contributed by atoms with Crippen molar-refractivity contribution in [1.29, 1.82) is 0 Å². The highest BCUT2D eigenvalue weighted by Crippen LogP contribution is 2.25. The second-order valence-corrected chi connectivity index (χ2v) is 8.69. The Morgan fingerprint density at radius 1 is 1.03 bits per heavy atom. The van der Waals surface area contributed by atoms with Crippen molar-refractivity contribution in [3.63, 3.8) is 0 Å². The molecule has 4 rings (SSSR count). The third kappa shape index (κ3) is 4.41. The molecule has 2 heterocycles. The van der Waals surface area contributed by atoms with E-state index in [1.54, 1.807) is 12.1 Å². The molecule has 0 unspecified atom stereocenters. The third-order valence-electron chi connectivity index (χ3n) is 5.25. The molecule has 2 aromatic carbocycles. The van der Waals surface area contributed by atoms with Gasteiger partial charge in [0, 0.05) is 37.2 Å². The number of amides is 1. The fraction of sp³-hybridized carbons (Fsp3) is 0.273. The van der Waals surface area contributed by atoms with E-state index in [-0.39, 0.29) is 18.3 Å². The second kappa shape index (κ2) is 8.47. The molecular formula is C22H22FN3OS2. The maximum Gasteiger partial charge on any atom is 0.242 e. The van der Waals surface area contributed by atoms with Gasteiger partial charge in [-0.3, -0.25) is 4.79 Å². The van der Waals surface area contributed by atoms with E-state index in [1.165, 1.54) is 29.0 Å². The van der Waals surface area contributed by atoms with Crippen LogP contribution in [-0.4, -0.2) is 41.6 Å². The summed E-state index contributed by atoms with van der Waals surface area (Å²) in [5.74, 6) is -0.161. The summed E-state index contributed by atoms with van der Waals surface area (Å²) in [4.78, 5) is 17.0. The number of carbonyl (C=O) groups is 1. The summed E-state index contributed by atoms with van der Waals surface area (Å²) in [6, 6.07) is 14.8. The first kappa shape index (κ1) is 19.8. The number of benzene rings is 2. The molecule has 29 heavy (non-hydrogen) atoms. The minimum Gasteiger partial charge on any atom is -0.368 e. The van der Waals surface area contributed by atoms with Crippen LogP contribution >= 0.6 is 23.6 Å². The quantitative estimate of drug-likeness (QED) is 0.563. The van der Waals surface area contributed by atoms with E-state index in [1.807, 2.05) is 14.8 Å². The van der Waals surface area contributed by atoms with Crippen LogP contribution in [0.2, 0.25) is 0 Å². The van der Waals surface area contributed by atoms with Gasteiger partial charge in [-0.15, -0.1) is 11.3 Å². The number of aryl methyl sites for hydroxylation is 1. The molecule has 0 aliphatic carbocycles. The summed E-state index contributed by atoms with van der Waals surface area (Å²) in [6.07, 6.45) is 0. The number of rotatable bonds is 4. The van der Waals surface area contributed by atoms with E-state index < -0.39 is 0 Å². The number of aromatic nitrogens is 1. The lowest BCUT2D eigenvalue weighted by atomic mass is 10.1. The van der Waals surface area contributed by atoms with Crippen molar-refractivity contribution in [1.82, 2.24) is 9.47 Å². The van der Waals surface area contributed by atoms with E-state index in [0.29, 0.717) is 17.0 Å². The summed E-state index contributed by atoms with van der Waals surface area (Å²) >= 11 is 6.97. The molecule has 1 amide bonds. The van der Waals surface area contributed by atoms with Crippen molar-refractivity contribution in [3.05, 3.63) is 69.2 Å². The number of carbonyl (C=O) groups excluding carboxylic acids is 1. The molecular weight excluding hydrogens is 405 g/mol. The molecule has 0 atom stereocenters. The van der Waals surface area contributed by atoms with Crippen molar-refractivity contribution >= 4 is 35.1 Å². The van der Waals surface area contributed by atoms with Gasteiger partial charge < -0.3 is 14.4 Å². The SMILES string of the molecule is Cc1ccc(-c2csc(=S)n2CC(=O)N2CCN(c3ccc(F)cc3)CC2)cc1. The van der Waals surface area contributed by atoms with Crippen LogP contribution in [0.1, 0.15) is 5.56 Å². The molecule has 1 saturated heterocycles. The van der Waals surface area contributed by atoms with Crippen molar-refractivity contribution in [3.8, 4) is 11.3 Å². The van der Waals surface area contributed by atoms with Crippen LogP contribution in [0.25, 0.3) is 11.3 Å². The number of halogens is 1. The first-order valence-electron chi connectivity index (χ1n) is 9.55. The van der Waals surface area contributed by atoms with Crippen molar-refractivity contribution < 1.29 is 9.18 Å². The average Bonchev–Trinajstić information content (AvgIpc) is 3.09. The predicted molar refractivity (Wildman–Crippen MR) is 119 cm³/mol. The van der Waals surface area contributed by atoms with Crippen LogP contribution < -0.4 is 4.90 Å². The minimum absolute atomic E-state index is 0.0756. The van der Waals surface area contributed by atoms with E-state index in [4.69, 9.17) is 12.2 Å². The Balaban J connectivity index is 1.43. The fourth-order valence-electron chi connectivity index (χ4n) is 3.53. The summed E-state index contributed by atoms with van der Waals surface area (Å²) < 4.78 is 15.8. The highest BCUT2D eigenvalue weighted by atomic mass is 32.1. The summed E-state index contributed by atoms with van der Waals surface area (Å²) in [7, 11) is 0. The van der Waals surface area contributed by atoms with Gasteiger partial charge in [-0.2, -0.15) is 0 Å². The van der Waals surface area contributed by atoms with Crippen molar-refractivity contribution in [2.45, 2.75) is 13.5 Å². The zero-order chi connectivity index (χ0) is 20.4. The number of hydrogen-bond acceptors (Lipinski definition) is 4. The van der Waals surface area contributed by atoms with Gasteiger partial charge in [-0.05, 0) is 49.0 Å². The second-order valence-electron chi connectivity index (χ2n) is 7.18. The molecule has 0 N–H and O–H groups in total. The maximum absolute atomic E-state index is 13.1. The van der Waals surface area contributed by atoms with Crippen LogP contribution in [0.4, 0.5) is 10.1 Å². The van der Waals surface area contributed by atoms with Gasteiger partial charge >= 0.3 is 0 Å². The third-order valence-corrected chi connectivity index (χ3v) is 6.52. The summed E-state index contributed by atoms with van der Waals surface area (Å²) in [5.41, 5.74) is 4.24. The minimum atomic E-state index is -0.237. The molecule has 0 bridgehead atoms. The lowest BCUT2D eigenvalue weighted by molar-refractivity contribution is -0.132. The first-order chi connectivity index (χ1) is 14.0. The molecule has 1 fully saturated rings. The van der Waals surface area contributed by atoms with Gasteiger partial charge in [0.25, 0.3) is 0 Å². The van der Waals surface area contributed by atoms with Crippen LogP contribution in [0, 0.1) is 16.7 Å². The van der Waals surface area contributed by atoms with Crippen LogP contribution in [0.5, 0.6) is 0 Å². The van der Waals surface area contributed by atoms with E-state index >= 15 is 0 Å². The Hall–Kier alpha value is -2.51. The normalized spacial score (nSPS) is 14.3. The van der Waals surface area contributed by atoms with Gasteiger partial charge in [0.1, 0.15) is 12.4 Å². The smallest absolute Gasteiger partial charge is 0.242 e. The van der Waals surface area contributed by atoms with E-state index in [2.05, 4.69) is 36.1 Å². The number of anilines is 1. The van der Waals surface area contributed by atoms with Gasteiger partial charge in [-0.25, -0.2) is 4.39 Å². The van der Waals surface area contributed by atoms with Crippen molar-refractivity contribution in [2.75, 3.05) is 31.1 Å². The highest BCUT2D eigenvalue weighted by molar-refractivity contribution is 7.73. The predicted octanol–water partition coefficient (Wildman–Crippen LogP) is 4.74. The Kier molecular flexibility index (Phi) is 5.78. The Labute approximate surface area is 178 Å². The molecule has 0 spiro atoms. The van der Waals surface area contributed by atoms with Gasteiger partial charge in [0.05, 0.1) is 5.69 Å². The van der Waals surface area contributed by atoms with Gasteiger partial charge in [0.2, 0.25) is 5.91 Å². The highest BCUT2D eigenvalue weighted by Gasteiger charge is 2.22. The average molecular weight is 428 g/mol. The molecule has 0 saturated carbocycles. The molecule has 150 valence electrons. The number of piperazine rings is 1. The number of hydrogen-bond donors (Lipinski definition) is 0. The molecule has 0 radical (unpaired) electrons. The topological polar surface area (TPSA) is 28.5 Å².